The molecule has 2 aromatic rings. The third-order valence-corrected chi connectivity index (χ3v) is 7.00. The van der Waals surface area contributed by atoms with Gasteiger partial charge < -0.3 is 15.0 Å². The van der Waals surface area contributed by atoms with Gasteiger partial charge in [0.2, 0.25) is 15.9 Å². The van der Waals surface area contributed by atoms with Gasteiger partial charge in [0.15, 0.2) is 0 Å². The Labute approximate surface area is 178 Å². The molecule has 7 nitrogen and oxygen atoms in total. The number of piperazine rings is 1. The lowest BCUT2D eigenvalue weighted by Gasteiger charge is -2.33. The molecule has 1 N–H and O–H groups in total. The van der Waals surface area contributed by atoms with Gasteiger partial charge in [-0.25, -0.2) is 8.42 Å². The topological polar surface area (TPSA) is 79.0 Å². The number of sulfonamides is 1. The summed E-state index contributed by atoms with van der Waals surface area (Å²) in [5, 5.41) is 2.74. The van der Waals surface area contributed by atoms with Crippen molar-refractivity contribution in [2.45, 2.75) is 11.8 Å². The van der Waals surface area contributed by atoms with E-state index in [4.69, 9.17) is 4.74 Å². The zero-order chi connectivity index (χ0) is 21.6. The first-order valence-corrected chi connectivity index (χ1v) is 11.3. The molecule has 30 heavy (non-hydrogen) atoms. The standard InChI is InChI=1S/C22H27N3O4S/c1-3-24-14-16-25(17-15-24)30(27,28)20-11-9-19(10-12-20)23-22(26)13-8-18-6-4-5-7-21(18)29-2/h4-13H,3,14-17H2,1-2H3,(H,23,26)/b13-8+. The van der Waals surface area contributed by atoms with Crippen molar-refractivity contribution in [3.05, 3.63) is 60.2 Å². The summed E-state index contributed by atoms with van der Waals surface area (Å²) in [4.78, 5) is 14.7. The molecule has 1 saturated heterocycles. The normalized spacial score (nSPS) is 15.9. The minimum atomic E-state index is -3.53. The number of hydrogen-bond acceptors (Lipinski definition) is 5. The number of likely N-dealkylation sites (N-methyl/N-ethyl adjacent to an activating group) is 1. The first-order valence-electron chi connectivity index (χ1n) is 9.88. The van der Waals surface area contributed by atoms with Gasteiger partial charge in [-0.3, -0.25) is 4.79 Å². The van der Waals surface area contributed by atoms with Crippen LogP contribution in [0.15, 0.2) is 59.5 Å². The molecule has 2 aromatic carbocycles. The molecule has 8 heteroatoms. The van der Waals surface area contributed by atoms with Crippen molar-refractivity contribution in [3.63, 3.8) is 0 Å². The number of para-hydroxylation sites is 1. The third kappa shape index (κ3) is 5.27. The first kappa shape index (κ1) is 22.0. The first-order chi connectivity index (χ1) is 14.4. The van der Waals surface area contributed by atoms with Crippen molar-refractivity contribution in [1.29, 1.82) is 0 Å². The van der Waals surface area contributed by atoms with E-state index >= 15 is 0 Å². The van der Waals surface area contributed by atoms with Crippen LogP contribution < -0.4 is 10.1 Å². The van der Waals surface area contributed by atoms with Crippen molar-refractivity contribution in [3.8, 4) is 5.75 Å². The molecule has 1 aliphatic rings. The van der Waals surface area contributed by atoms with Gasteiger partial charge in [0.1, 0.15) is 5.75 Å². The van der Waals surface area contributed by atoms with Crippen LogP contribution in [0.1, 0.15) is 12.5 Å². The zero-order valence-electron chi connectivity index (χ0n) is 17.2. The molecule has 0 saturated carbocycles. The summed E-state index contributed by atoms with van der Waals surface area (Å²) in [6.07, 6.45) is 3.08. The Hall–Kier alpha value is -2.68. The van der Waals surface area contributed by atoms with Gasteiger partial charge in [0, 0.05) is 43.5 Å². The Bertz CT molecular complexity index is 995. The molecular formula is C22H27N3O4S. The number of nitrogens with zero attached hydrogens (tertiary/aromatic N) is 2. The van der Waals surface area contributed by atoms with E-state index in [-0.39, 0.29) is 10.8 Å². The van der Waals surface area contributed by atoms with E-state index in [1.54, 1.807) is 25.3 Å². The third-order valence-electron chi connectivity index (χ3n) is 5.09. The van der Waals surface area contributed by atoms with Crippen LogP contribution in [0.25, 0.3) is 6.08 Å². The Morgan fingerprint density at radius 2 is 1.73 bits per heavy atom. The van der Waals surface area contributed by atoms with Crippen LogP contribution in [-0.4, -0.2) is 63.4 Å². The van der Waals surface area contributed by atoms with E-state index in [1.807, 2.05) is 24.3 Å². The average molecular weight is 430 g/mol. The second-order valence-electron chi connectivity index (χ2n) is 6.93. The lowest BCUT2D eigenvalue weighted by atomic mass is 10.2. The number of amides is 1. The summed E-state index contributed by atoms with van der Waals surface area (Å²) >= 11 is 0. The molecule has 1 heterocycles. The second kappa shape index (κ2) is 9.88. The molecule has 0 aromatic heterocycles. The highest BCUT2D eigenvalue weighted by atomic mass is 32.2. The van der Waals surface area contributed by atoms with Crippen molar-refractivity contribution in [1.82, 2.24) is 9.21 Å². The van der Waals surface area contributed by atoms with Gasteiger partial charge >= 0.3 is 0 Å². The average Bonchev–Trinajstić information content (AvgIpc) is 2.78. The lowest BCUT2D eigenvalue weighted by Crippen LogP contribution is -2.48. The second-order valence-corrected chi connectivity index (χ2v) is 8.87. The lowest BCUT2D eigenvalue weighted by molar-refractivity contribution is -0.111. The number of benzene rings is 2. The number of ether oxygens (including phenoxy) is 1. The monoisotopic (exact) mass is 429 g/mol. The minimum absolute atomic E-state index is 0.231. The molecule has 160 valence electrons. The minimum Gasteiger partial charge on any atom is -0.496 e. The summed E-state index contributed by atoms with van der Waals surface area (Å²) < 4.78 is 32.4. The van der Waals surface area contributed by atoms with Crippen molar-refractivity contribution in [2.75, 3.05) is 45.2 Å². The van der Waals surface area contributed by atoms with Crippen molar-refractivity contribution < 1.29 is 17.9 Å². The SMILES string of the molecule is CCN1CCN(S(=O)(=O)c2ccc(NC(=O)/C=C/c3ccccc3OC)cc2)CC1. The number of nitrogens with one attached hydrogen (secondary N) is 1. The molecule has 1 fully saturated rings. The highest BCUT2D eigenvalue weighted by molar-refractivity contribution is 7.89. The van der Waals surface area contributed by atoms with Crippen molar-refractivity contribution in [2.24, 2.45) is 0 Å². The van der Waals surface area contributed by atoms with E-state index in [2.05, 4.69) is 17.1 Å². The number of hydrogen-bond donors (Lipinski definition) is 1. The highest BCUT2D eigenvalue weighted by Crippen LogP contribution is 2.21. The molecular weight excluding hydrogens is 402 g/mol. The summed E-state index contributed by atoms with van der Waals surface area (Å²) in [6, 6.07) is 13.6. The molecule has 1 aliphatic heterocycles. The fourth-order valence-corrected chi connectivity index (χ4v) is 4.72. The summed E-state index contributed by atoms with van der Waals surface area (Å²) in [5.41, 5.74) is 1.32. The summed E-state index contributed by atoms with van der Waals surface area (Å²) in [6.45, 7) is 5.45. The van der Waals surface area contributed by atoms with Crippen LogP contribution in [0.2, 0.25) is 0 Å². The maximum absolute atomic E-state index is 12.8. The number of carbonyl (C=O) groups excluding carboxylic acids is 1. The predicted octanol–water partition coefficient (Wildman–Crippen LogP) is 2.67. The van der Waals surface area contributed by atoms with Gasteiger partial charge in [-0.2, -0.15) is 4.31 Å². The Morgan fingerprint density at radius 3 is 2.37 bits per heavy atom. The van der Waals surface area contributed by atoms with Crippen LogP contribution >= 0.6 is 0 Å². The van der Waals surface area contributed by atoms with Crippen LogP contribution in [0.5, 0.6) is 5.75 Å². The molecule has 0 bridgehead atoms. The number of anilines is 1. The van der Waals surface area contributed by atoms with Gasteiger partial charge in [-0.15, -0.1) is 0 Å². The van der Waals surface area contributed by atoms with Gasteiger partial charge in [-0.05, 0) is 43.0 Å². The van der Waals surface area contributed by atoms with Crippen LogP contribution in [-0.2, 0) is 14.8 Å². The van der Waals surface area contributed by atoms with Gasteiger partial charge in [-0.1, -0.05) is 25.1 Å². The van der Waals surface area contributed by atoms with Crippen molar-refractivity contribution >= 4 is 27.7 Å². The quantitative estimate of drug-likeness (QED) is 0.685. The molecule has 1 amide bonds. The molecule has 0 atom stereocenters. The largest absolute Gasteiger partial charge is 0.496 e. The summed E-state index contributed by atoms with van der Waals surface area (Å²) in [7, 11) is -1.95. The fraction of sp³-hybridized carbons (Fsp3) is 0.318. The number of methoxy groups -OCH3 is 1. The highest BCUT2D eigenvalue weighted by Gasteiger charge is 2.27. The van der Waals surface area contributed by atoms with Crippen LogP contribution in [0.4, 0.5) is 5.69 Å². The molecule has 0 radical (unpaired) electrons. The number of carbonyl (C=O) groups is 1. The van der Waals surface area contributed by atoms with E-state index < -0.39 is 10.0 Å². The Kier molecular flexibility index (Phi) is 7.25. The number of rotatable bonds is 7. The zero-order valence-corrected chi connectivity index (χ0v) is 18.1. The van der Waals surface area contributed by atoms with Crippen LogP contribution in [0, 0.1) is 0 Å². The Morgan fingerprint density at radius 1 is 1.07 bits per heavy atom. The fourth-order valence-electron chi connectivity index (χ4n) is 3.30. The molecule has 0 aliphatic carbocycles. The van der Waals surface area contributed by atoms with E-state index in [9.17, 15) is 13.2 Å². The molecule has 0 unspecified atom stereocenters. The Balaban J connectivity index is 1.63. The van der Waals surface area contributed by atoms with E-state index in [1.165, 1.54) is 22.5 Å². The van der Waals surface area contributed by atoms with E-state index in [0.29, 0.717) is 24.5 Å². The van der Waals surface area contributed by atoms with Gasteiger partial charge in [0.05, 0.1) is 12.0 Å². The predicted molar refractivity (Wildman–Crippen MR) is 118 cm³/mol. The van der Waals surface area contributed by atoms with E-state index in [0.717, 1.165) is 25.2 Å². The smallest absolute Gasteiger partial charge is 0.248 e. The molecule has 0 spiro atoms. The maximum Gasteiger partial charge on any atom is 0.248 e. The van der Waals surface area contributed by atoms with Crippen LogP contribution in [0.3, 0.4) is 0 Å². The maximum atomic E-state index is 12.8. The molecule has 3 rings (SSSR count). The van der Waals surface area contributed by atoms with Gasteiger partial charge in [0.25, 0.3) is 0 Å². The summed E-state index contributed by atoms with van der Waals surface area (Å²) in [5.74, 6) is 0.364.